The largest absolute Gasteiger partial charge is 0.322 e. The first-order chi connectivity index (χ1) is 8.66. The zero-order valence-corrected chi connectivity index (χ0v) is 10.7. The number of carbonyl (C=O) groups is 1. The highest BCUT2D eigenvalue weighted by Crippen LogP contribution is 2.19. The maximum Gasteiger partial charge on any atom is 0.255 e. The summed E-state index contributed by atoms with van der Waals surface area (Å²) in [5.41, 5.74) is 2.74. The van der Waals surface area contributed by atoms with E-state index < -0.39 is 0 Å². The average molecular weight is 239 g/mol. The van der Waals surface area contributed by atoms with Crippen LogP contribution in [0.15, 0.2) is 54.6 Å². The van der Waals surface area contributed by atoms with Gasteiger partial charge in [0.15, 0.2) is 0 Å². The third-order valence-corrected chi connectivity index (χ3v) is 2.85. The molecular weight excluding hydrogens is 222 g/mol. The molecule has 0 unspecified atom stereocenters. The van der Waals surface area contributed by atoms with E-state index in [9.17, 15) is 4.79 Å². The summed E-state index contributed by atoms with van der Waals surface area (Å²) in [6.07, 6.45) is 0. The summed E-state index contributed by atoms with van der Waals surface area (Å²) in [7, 11) is 0. The number of rotatable bonds is 3. The van der Waals surface area contributed by atoms with Crippen molar-refractivity contribution in [1.29, 1.82) is 0 Å². The van der Waals surface area contributed by atoms with Crippen molar-refractivity contribution in [3.05, 3.63) is 65.7 Å². The van der Waals surface area contributed by atoms with Crippen molar-refractivity contribution in [1.82, 2.24) is 0 Å². The lowest BCUT2D eigenvalue weighted by atomic mass is 10.0. The smallest absolute Gasteiger partial charge is 0.255 e. The van der Waals surface area contributed by atoms with Gasteiger partial charge in [-0.1, -0.05) is 44.2 Å². The van der Waals surface area contributed by atoms with Gasteiger partial charge in [-0.25, -0.2) is 0 Å². The van der Waals surface area contributed by atoms with Gasteiger partial charge in [-0.05, 0) is 35.7 Å². The van der Waals surface area contributed by atoms with E-state index in [0.29, 0.717) is 11.5 Å². The van der Waals surface area contributed by atoms with Crippen LogP contribution < -0.4 is 5.32 Å². The highest BCUT2D eigenvalue weighted by Gasteiger charge is 2.06. The molecule has 0 aliphatic heterocycles. The maximum absolute atomic E-state index is 12.0. The second kappa shape index (κ2) is 5.50. The first-order valence-electron chi connectivity index (χ1n) is 6.13. The Morgan fingerprint density at radius 1 is 1.00 bits per heavy atom. The summed E-state index contributed by atoms with van der Waals surface area (Å²) >= 11 is 0. The summed E-state index contributed by atoms with van der Waals surface area (Å²) in [6.45, 7) is 4.27. The summed E-state index contributed by atoms with van der Waals surface area (Å²) < 4.78 is 0. The predicted molar refractivity (Wildman–Crippen MR) is 74.9 cm³/mol. The van der Waals surface area contributed by atoms with Crippen molar-refractivity contribution >= 4 is 11.6 Å². The summed E-state index contributed by atoms with van der Waals surface area (Å²) in [5, 5.41) is 2.91. The van der Waals surface area contributed by atoms with Gasteiger partial charge in [0, 0.05) is 11.3 Å². The fourth-order valence-corrected chi connectivity index (χ4v) is 1.77. The molecule has 0 spiro atoms. The van der Waals surface area contributed by atoms with Crippen LogP contribution in [0.1, 0.15) is 35.7 Å². The molecule has 0 aromatic heterocycles. The summed E-state index contributed by atoms with van der Waals surface area (Å²) in [4.78, 5) is 12.0. The SMILES string of the molecule is CC(C)c1cccc(NC(=O)c2ccccc2)c1. The number of hydrogen-bond donors (Lipinski definition) is 1. The van der Waals surface area contributed by atoms with Gasteiger partial charge < -0.3 is 5.32 Å². The van der Waals surface area contributed by atoms with Crippen LogP contribution in [0.2, 0.25) is 0 Å². The normalized spacial score (nSPS) is 10.4. The zero-order valence-electron chi connectivity index (χ0n) is 10.7. The molecule has 0 saturated carbocycles. The first kappa shape index (κ1) is 12.4. The molecule has 2 nitrogen and oxygen atoms in total. The van der Waals surface area contributed by atoms with Crippen molar-refractivity contribution < 1.29 is 4.79 Å². The maximum atomic E-state index is 12.0. The van der Waals surface area contributed by atoms with Gasteiger partial charge in [0.1, 0.15) is 0 Å². The second-order valence-electron chi connectivity index (χ2n) is 4.60. The van der Waals surface area contributed by atoms with Crippen LogP contribution in [0.5, 0.6) is 0 Å². The molecule has 2 heteroatoms. The Hall–Kier alpha value is -2.09. The topological polar surface area (TPSA) is 29.1 Å². The standard InChI is InChI=1S/C16H17NO/c1-12(2)14-9-6-10-15(11-14)17-16(18)13-7-4-3-5-8-13/h3-12H,1-2H3,(H,17,18). The number of hydrogen-bond acceptors (Lipinski definition) is 1. The van der Waals surface area contributed by atoms with Gasteiger partial charge in [0.05, 0.1) is 0 Å². The van der Waals surface area contributed by atoms with E-state index in [1.165, 1.54) is 5.56 Å². The molecule has 1 N–H and O–H groups in total. The minimum Gasteiger partial charge on any atom is -0.322 e. The summed E-state index contributed by atoms with van der Waals surface area (Å²) in [5.74, 6) is 0.384. The van der Waals surface area contributed by atoms with E-state index in [4.69, 9.17) is 0 Å². The molecule has 0 radical (unpaired) electrons. The van der Waals surface area contributed by atoms with Gasteiger partial charge in [0.25, 0.3) is 5.91 Å². The zero-order chi connectivity index (χ0) is 13.0. The van der Waals surface area contributed by atoms with E-state index in [-0.39, 0.29) is 5.91 Å². The average Bonchev–Trinajstić information content (AvgIpc) is 2.40. The van der Waals surface area contributed by atoms with Crippen molar-refractivity contribution in [2.24, 2.45) is 0 Å². The molecule has 0 bridgehead atoms. The molecule has 0 saturated heterocycles. The second-order valence-corrected chi connectivity index (χ2v) is 4.60. The van der Waals surface area contributed by atoms with E-state index >= 15 is 0 Å². The Balaban J connectivity index is 2.15. The Labute approximate surface area is 108 Å². The van der Waals surface area contributed by atoms with E-state index in [0.717, 1.165) is 5.69 Å². The molecule has 0 heterocycles. The molecule has 2 aromatic carbocycles. The lowest BCUT2D eigenvalue weighted by Gasteiger charge is -2.09. The molecule has 92 valence electrons. The van der Waals surface area contributed by atoms with Gasteiger partial charge in [0.2, 0.25) is 0 Å². The third-order valence-electron chi connectivity index (χ3n) is 2.85. The molecule has 0 aliphatic carbocycles. The molecule has 0 atom stereocenters. The van der Waals surface area contributed by atoms with Crippen LogP contribution >= 0.6 is 0 Å². The molecular formula is C16H17NO. The minimum absolute atomic E-state index is 0.0727. The molecule has 0 aliphatic rings. The predicted octanol–water partition coefficient (Wildman–Crippen LogP) is 4.06. The summed E-state index contributed by atoms with van der Waals surface area (Å²) in [6, 6.07) is 17.2. The molecule has 1 amide bonds. The van der Waals surface area contributed by atoms with E-state index in [2.05, 4.69) is 25.2 Å². The Kier molecular flexibility index (Phi) is 3.78. The van der Waals surface area contributed by atoms with Crippen LogP contribution in [0.4, 0.5) is 5.69 Å². The number of carbonyl (C=O) groups excluding carboxylic acids is 1. The van der Waals surface area contributed by atoms with Crippen molar-refractivity contribution in [2.45, 2.75) is 19.8 Å². The lowest BCUT2D eigenvalue weighted by Crippen LogP contribution is -2.11. The van der Waals surface area contributed by atoms with Crippen molar-refractivity contribution in [2.75, 3.05) is 5.32 Å². The van der Waals surface area contributed by atoms with Crippen LogP contribution in [-0.2, 0) is 0 Å². The number of nitrogens with one attached hydrogen (secondary N) is 1. The Morgan fingerprint density at radius 2 is 1.72 bits per heavy atom. The molecule has 2 aromatic rings. The molecule has 18 heavy (non-hydrogen) atoms. The van der Waals surface area contributed by atoms with Crippen LogP contribution in [0, 0.1) is 0 Å². The molecule has 0 fully saturated rings. The lowest BCUT2D eigenvalue weighted by molar-refractivity contribution is 0.102. The van der Waals surface area contributed by atoms with Crippen molar-refractivity contribution in [3.63, 3.8) is 0 Å². The van der Waals surface area contributed by atoms with Crippen LogP contribution in [0.3, 0.4) is 0 Å². The van der Waals surface area contributed by atoms with Gasteiger partial charge in [-0.2, -0.15) is 0 Å². The van der Waals surface area contributed by atoms with Crippen LogP contribution in [0.25, 0.3) is 0 Å². The number of benzene rings is 2. The third kappa shape index (κ3) is 2.98. The first-order valence-corrected chi connectivity index (χ1v) is 6.13. The quantitative estimate of drug-likeness (QED) is 0.859. The molecule has 2 rings (SSSR count). The fraction of sp³-hybridized carbons (Fsp3) is 0.188. The number of amides is 1. The highest BCUT2D eigenvalue weighted by molar-refractivity contribution is 6.04. The Morgan fingerprint density at radius 3 is 2.39 bits per heavy atom. The van der Waals surface area contributed by atoms with Gasteiger partial charge in [-0.15, -0.1) is 0 Å². The van der Waals surface area contributed by atoms with Gasteiger partial charge >= 0.3 is 0 Å². The fourth-order valence-electron chi connectivity index (χ4n) is 1.77. The Bertz CT molecular complexity index is 532. The van der Waals surface area contributed by atoms with Crippen LogP contribution in [-0.4, -0.2) is 5.91 Å². The van der Waals surface area contributed by atoms with Crippen molar-refractivity contribution in [3.8, 4) is 0 Å². The monoisotopic (exact) mass is 239 g/mol. The van der Waals surface area contributed by atoms with Gasteiger partial charge in [-0.3, -0.25) is 4.79 Å². The number of anilines is 1. The van der Waals surface area contributed by atoms with E-state index in [1.54, 1.807) is 0 Å². The highest BCUT2D eigenvalue weighted by atomic mass is 16.1. The van der Waals surface area contributed by atoms with E-state index in [1.807, 2.05) is 48.5 Å². The minimum atomic E-state index is -0.0727.